The van der Waals surface area contributed by atoms with Gasteiger partial charge in [0.25, 0.3) is 0 Å². The summed E-state index contributed by atoms with van der Waals surface area (Å²) in [5.41, 5.74) is 2.41. The van der Waals surface area contributed by atoms with Gasteiger partial charge < -0.3 is 0 Å². The molecular formula is C17H18Cl2N2S. The van der Waals surface area contributed by atoms with Crippen LogP contribution in [0.15, 0.2) is 58.4 Å². The second kappa shape index (κ2) is 8.59. The van der Waals surface area contributed by atoms with Crippen molar-refractivity contribution in [2.75, 3.05) is 6.54 Å². The summed E-state index contributed by atoms with van der Waals surface area (Å²) in [6.07, 6.45) is 3.09. The van der Waals surface area contributed by atoms with Crippen molar-refractivity contribution in [1.82, 2.24) is 5.32 Å². The van der Waals surface area contributed by atoms with Gasteiger partial charge in [0.15, 0.2) is 0 Å². The predicted molar refractivity (Wildman–Crippen MR) is 98.6 cm³/mol. The minimum Gasteiger partial charge on any atom is -0.292 e. The summed E-state index contributed by atoms with van der Waals surface area (Å²) >= 11 is 8.04. The highest BCUT2D eigenvalue weighted by atomic mass is 35.5. The average Bonchev–Trinajstić information content (AvgIpc) is 2.55. The molecule has 22 heavy (non-hydrogen) atoms. The summed E-state index contributed by atoms with van der Waals surface area (Å²) in [6.45, 7) is 0.984. The Bertz CT molecular complexity index is 646. The monoisotopic (exact) mass is 352 g/mol. The van der Waals surface area contributed by atoms with Gasteiger partial charge in [0.1, 0.15) is 6.17 Å². The third kappa shape index (κ3) is 4.26. The summed E-state index contributed by atoms with van der Waals surface area (Å²) in [5, 5.41) is 4.28. The molecule has 1 unspecified atom stereocenters. The zero-order valence-corrected chi connectivity index (χ0v) is 14.4. The fraction of sp³-hybridized carbons (Fsp3) is 0.235. The van der Waals surface area contributed by atoms with E-state index in [1.165, 1.54) is 16.0 Å². The number of nitrogens with one attached hydrogen (secondary N) is 1. The van der Waals surface area contributed by atoms with Crippen molar-refractivity contribution in [3.05, 3.63) is 64.7 Å². The predicted octanol–water partition coefficient (Wildman–Crippen LogP) is 5.12. The van der Waals surface area contributed by atoms with Crippen molar-refractivity contribution >= 4 is 42.0 Å². The lowest BCUT2D eigenvalue weighted by Crippen LogP contribution is -2.25. The molecule has 3 rings (SSSR count). The first-order valence-electron chi connectivity index (χ1n) is 7.05. The Morgan fingerprint density at radius 2 is 1.91 bits per heavy atom. The summed E-state index contributed by atoms with van der Waals surface area (Å²) < 4.78 is 0. The zero-order valence-electron chi connectivity index (χ0n) is 12.0. The molecule has 2 nitrogen and oxygen atoms in total. The van der Waals surface area contributed by atoms with Crippen molar-refractivity contribution in [1.29, 1.82) is 0 Å². The van der Waals surface area contributed by atoms with E-state index in [0.717, 1.165) is 23.7 Å². The molecule has 5 heteroatoms. The van der Waals surface area contributed by atoms with Gasteiger partial charge in [-0.05, 0) is 24.1 Å². The first-order chi connectivity index (χ1) is 10.3. The number of hydrogen-bond donors (Lipinski definition) is 1. The summed E-state index contributed by atoms with van der Waals surface area (Å²) in [4.78, 5) is 5.82. The standard InChI is InChI=1S/C17H17ClN2S.ClH/c18-15-8-3-1-6-13(15)12-21-16-9-4-2-7-14(16)17-19-10-5-11-20-17;/h1-4,6-10,17,20H,5,11-12H2;1H. The molecule has 0 saturated heterocycles. The van der Waals surface area contributed by atoms with E-state index in [4.69, 9.17) is 11.6 Å². The number of thioether (sulfide) groups is 1. The number of aliphatic imine (C=N–C) groups is 1. The van der Waals surface area contributed by atoms with Crippen LogP contribution in [0.5, 0.6) is 0 Å². The number of halogens is 2. The van der Waals surface area contributed by atoms with Gasteiger partial charge in [0.05, 0.1) is 0 Å². The smallest absolute Gasteiger partial charge is 0.126 e. The molecule has 0 amide bonds. The van der Waals surface area contributed by atoms with E-state index in [1.54, 1.807) is 0 Å². The average molecular weight is 353 g/mol. The van der Waals surface area contributed by atoms with Gasteiger partial charge in [-0.15, -0.1) is 24.2 Å². The topological polar surface area (TPSA) is 24.4 Å². The first kappa shape index (κ1) is 17.4. The lowest BCUT2D eigenvalue weighted by Gasteiger charge is -2.20. The number of benzene rings is 2. The molecular weight excluding hydrogens is 335 g/mol. The molecule has 1 atom stereocenters. The molecule has 0 aromatic heterocycles. The highest BCUT2D eigenvalue weighted by Crippen LogP contribution is 2.32. The van der Waals surface area contributed by atoms with Gasteiger partial charge >= 0.3 is 0 Å². The van der Waals surface area contributed by atoms with E-state index in [-0.39, 0.29) is 18.6 Å². The van der Waals surface area contributed by atoms with Crippen LogP contribution in [0.3, 0.4) is 0 Å². The maximum atomic E-state index is 6.23. The Hall–Kier alpha value is -1.00. The van der Waals surface area contributed by atoms with E-state index in [0.29, 0.717) is 0 Å². The second-order valence-electron chi connectivity index (χ2n) is 4.89. The molecule has 0 fully saturated rings. The Balaban J connectivity index is 0.00000176. The van der Waals surface area contributed by atoms with Crippen molar-refractivity contribution in [3.8, 4) is 0 Å². The van der Waals surface area contributed by atoms with E-state index in [1.807, 2.05) is 36.2 Å². The van der Waals surface area contributed by atoms with Gasteiger partial charge in [-0.25, -0.2) is 0 Å². The molecule has 2 aromatic carbocycles. The van der Waals surface area contributed by atoms with Crippen LogP contribution in [-0.4, -0.2) is 12.8 Å². The Labute approximate surface area is 146 Å². The maximum Gasteiger partial charge on any atom is 0.126 e. The maximum absolute atomic E-state index is 6.23. The molecule has 1 N–H and O–H groups in total. The molecule has 1 aliphatic rings. The van der Waals surface area contributed by atoms with Gasteiger partial charge in [0, 0.05) is 34.0 Å². The van der Waals surface area contributed by atoms with E-state index < -0.39 is 0 Å². The number of hydrogen-bond acceptors (Lipinski definition) is 3. The highest BCUT2D eigenvalue weighted by molar-refractivity contribution is 7.98. The summed E-state index contributed by atoms with van der Waals surface area (Å²) in [7, 11) is 0. The van der Waals surface area contributed by atoms with Crippen molar-refractivity contribution in [2.45, 2.75) is 23.2 Å². The van der Waals surface area contributed by atoms with Crippen LogP contribution in [0.4, 0.5) is 0 Å². The van der Waals surface area contributed by atoms with Crippen molar-refractivity contribution < 1.29 is 0 Å². The molecule has 0 saturated carbocycles. The molecule has 0 aliphatic carbocycles. The molecule has 0 radical (unpaired) electrons. The number of nitrogens with zero attached hydrogens (tertiary/aromatic N) is 1. The van der Waals surface area contributed by atoms with Crippen LogP contribution in [-0.2, 0) is 5.75 Å². The van der Waals surface area contributed by atoms with Gasteiger partial charge in [-0.2, -0.15) is 0 Å². The fourth-order valence-electron chi connectivity index (χ4n) is 2.32. The number of rotatable bonds is 4. The second-order valence-corrected chi connectivity index (χ2v) is 6.32. The quantitative estimate of drug-likeness (QED) is 0.772. The van der Waals surface area contributed by atoms with Gasteiger partial charge in [-0.1, -0.05) is 48.0 Å². The molecule has 0 spiro atoms. The first-order valence-corrected chi connectivity index (χ1v) is 8.41. The Morgan fingerprint density at radius 3 is 2.68 bits per heavy atom. The van der Waals surface area contributed by atoms with E-state index in [2.05, 4.69) is 40.6 Å². The third-order valence-corrected chi connectivity index (χ3v) is 4.93. The highest BCUT2D eigenvalue weighted by Gasteiger charge is 2.15. The lowest BCUT2D eigenvalue weighted by atomic mass is 10.1. The van der Waals surface area contributed by atoms with Crippen LogP contribution < -0.4 is 5.32 Å². The van der Waals surface area contributed by atoms with E-state index >= 15 is 0 Å². The normalized spacial score (nSPS) is 17.0. The summed E-state index contributed by atoms with van der Waals surface area (Å²) in [5.74, 6) is 0.868. The minimum absolute atomic E-state index is 0. The van der Waals surface area contributed by atoms with Crippen molar-refractivity contribution in [3.63, 3.8) is 0 Å². The Kier molecular flexibility index (Phi) is 6.77. The van der Waals surface area contributed by atoms with Gasteiger partial charge in [0.2, 0.25) is 0 Å². The van der Waals surface area contributed by atoms with Gasteiger partial charge in [-0.3, -0.25) is 10.3 Å². The largest absolute Gasteiger partial charge is 0.292 e. The van der Waals surface area contributed by atoms with Crippen LogP contribution in [0, 0.1) is 0 Å². The zero-order chi connectivity index (χ0) is 14.5. The minimum atomic E-state index is 0. The molecule has 2 aromatic rings. The molecule has 0 bridgehead atoms. The van der Waals surface area contributed by atoms with Crippen LogP contribution in [0.25, 0.3) is 0 Å². The molecule has 1 heterocycles. The van der Waals surface area contributed by atoms with Crippen LogP contribution in [0.1, 0.15) is 23.7 Å². The lowest BCUT2D eigenvalue weighted by molar-refractivity contribution is 0.540. The third-order valence-electron chi connectivity index (χ3n) is 3.42. The fourth-order valence-corrected chi connectivity index (χ4v) is 3.68. The van der Waals surface area contributed by atoms with Crippen molar-refractivity contribution in [2.24, 2.45) is 4.99 Å². The van der Waals surface area contributed by atoms with E-state index in [9.17, 15) is 0 Å². The van der Waals surface area contributed by atoms with Crippen LogP contribution >= 0.6 is 35.8 Å². The van der Waals surface area contributed by atoms with Crippen LogP contribution in [0.2, 0.25) is 5.02 Å². The Morgan fingerprint density at radius 1 is 1.14 bits per heavy atom. The molecule has 116 valence electrons. The molecule has 1 aliphatic heterocycles. The SMILES string of the molecule is Cl.Clc1ccccc1CSc1ccccc1C1N=CCCN1. The summed E-state index contributed by atoms with van der Waals surface area (Å²) in [6, 6.07) is 16.5.